The topological polar surface area (TPSA) is 98.5 Å². The third kappa shape index (κ3) is 3.30. The SMILES string of the molecule is Cc1cc(S(=O)(=O)N(C)C(C(=O)O)c2ccccc2)ccc1C#N. The van der Waals surface area contributed by atoms with Crippen LogP contribution in [0.1, 0.15) is 22.7 Å². The van der Waals surface area contributed by atoms with Crippen LogP contribution in [0.4, 0.5) is 0 Å². The number of hydrogen-bond donors (Lipinski definition) is 1. The van der Waals surface area contributed by atoms with Crippen molar-refractivity contribution in [3.63, 3.8) is 0 Å². The molecule has 1 unspecified atom stereocenters. The minimum Gasteiger partial charge on any atom is -0.480 e. The first-order valence-corrected chi connectivity index (χ1v) is 8.49. The summed E-state index contributed by atoms with van der Waals surface area (Å²) in [4.78, 5) is 11.6. The lowest BCUT2D eigenvalue weighted by Gasteiger charge is -2.24. The maximum Gasteiger partial charge on any atom is 0.326 e. The van der Waals surface area contributed by atoms with E-state index in [1.807, 2.05) is 6.07 Å². The van der Waals surface area contributed by atoms with Crippen molar-refractivity contribution in [2.45, 2.75) is 17.9 Å². The zero-order valence-corrected chi connectivity index (χ0v) is 14.0. The Hall–Kier alpha value is -2.69. The first-order chi connectivity index (χ1) is 11.3. The summed E-state index contributed by atoms with van der Waals surface area (Å²) in [6.07, 6.45) is 0. The van der Waals surface area contributed by atoms with E-state index in [4.69, 9.17) is 5.26 Å². The molecular weight excluding hydrogens is 328 g/mol. The van der Waals surface area contributed by atoms with E-state index in [-0.39, 0.29) is 4.90 Å². The van der Waals surface area contributed by atoms with Gasteiger partial charge in [0.2, 0.25) is 10.0 Å². The number of benzene rings is 2. The van der Waals surface area contributed by atoms with Gasteiger partial charge in [-0.2, -0.15) is 9.57 Å². The summed E-state index contributed by atoms with van der Waals surface area (Å²) < 4.78 is 26.4. The van der Waals surface area contributed by atoms with E-state index < -0.39 is 22.0 Å². The lowest BCUT2D eigenvalue weighted by atomic mass is 10.1. The van der Waals surface area contributed by atoms with Gasteiger partial charge >= 0.3 is 5.97 Å². The molecule has 0 heterocycles. The van der Waals surface area contributed by atoms with E-state index in [1.54, 1.807) is 37.3 Å². The molecule has 0 aliphatic carbocycles. The first-order valence-electron chi connectivity index (χ1n) is 7.05. The van der Waals surface area contributed by atoms with Crippen molar-refractivity contribution in [2.75, 3.05) is 7.05 Å². The molecule has 0 amide bonds. The summed E-state index contributed by atoms with van der Waals surface area (Å²) in [7, 11) is -2.80. The molecule has 0 fully saturated rings. The largest absolute Gasteiger partial charge is 0.480 e. The Balaban J connectivity index is 2.49. The third-order valence-corrected chi connectivity index (χ3v) is 5.53. The Bertz CT molecular complexity index is 902. The van der Waals surface area contributed by atoms with Gasteiger partial charge in [-0.25, -0.2) is 8.42 Å². The molecule has 2 aromatic rings. The van der Waals surface area contributed by atoms with Crippen LogP contribution in [0.25, 0.3) is 0 Å². The van der Waals surface area contributed by atoms with Crippen LogP contribution in [0, 0.1) is 18.3 Å². The van der Waals surface area contributed by atoms with Gasteiger partial charge in [-0.15, -0.1) is 0 Å². The molecule has 0 bridgehead atoms. The van der Waals surface area contributed by atoms with Crippen molar-refractivity contribution in [3.8, 4) is 6.07 Å². The van der Waals surface area contributed by atoms with Crippen LogP contribution < -0.4 is 0 Å². The van der Waals surface area contributed by atoms with Crippen LogP contribution in [0.15, 0.2) is 53.4 Å². The maximum atomic E-state index is 12.8. The van der Waals surface area contributed by atoms with Gasteiger partial charge in [0.15, 0.2) is 0 Å². The summed E-state index contributed by atoms with van der Waals surface area (Å²) in [6.45, 7) is 1.63. The third-order valence-electron chi connectivity index (χ3n) is 3.71. The molecule has 0 saturated carbocycles. The molecular formula is C17H16N2O4S. The summed E-state index contributed by atoms with van der Waals surface area (Å²) in [5.74, 6) is -1.27. The van der Waals surface area contributed by atoms with E-state index in [2.05, 4.69) is 0 Å². The highest BCUT2D eigenvalue weighted by atomic mass is 32.2. The molecule has 0 spiro atoms. The van der Waals surface area contributed by atoms with Crippen LogP contribution in [-0.4, -0.2) is 30.8 Å². The summed E-state index contributed by atoms with van der Waals surface area (Å²) in [6, 6.07) is 12.9. The summed E-state index contributed by atoms with van der Waals surface area (Å²) >= 11 is 0. The second kappa shape index (κ2) is 6.83. The molecule has 2 rings (SSSR count). The van der Waals surface area contributed by atoms with Crippen molar-refractivity contribution >= 4 is 16.0 Å². The first kappa shape index (κ1) is 17.7. The molecule has 0 aliphatic rings. The van der Waals surface area contributed by atoms with Gasteiger partial charge < -0.3 is 5.11 Å². The Morgan fingerprint density at radius 3 is 2.33 bits per heavy atom. The van der Waals surface area contributed by atoms with Gasteiger partial charge in [-0.1, -0.05) is 30.3 Å². The fourth-order valence-corrected chi connectivity index (χ4v) is 3.76. The predicted octanol–water partition coefficient (Wildman–Crippen LogP) is 2.31. The fraction of sp³-hybridized carbons (Fsp3) is 0.176. The van der Waals surface area contributed by atoms with E-state index in [9.17, 15) is 18.3 Å². The average molecular weight is 344 g/mol. The second-order valence-electron chi connectivity index (χ2n) is 5.26. The molecule has 124 valence electrons. The highest BCUT2D eigenvalue weighted by molar-refractivity contribution is 7.89. The zero-order chi connectivity index (χ0) is 17.9. The Labute approximate surface area is 140 Å². The number of aliphatic carboxylic acids is 1. The van der Waals surface area contributed by atoms with Gasteiger partial charge in [0.25, 0.3) is 0 Å². The van der Waals surface area contributed by atoms with Gasteiger partial charge in [0.1, 0.15) is 6.04 Å². The molecule has 0 aliphatic heterocycles. The van der Waals surface area contributed by atoms with E-state index in [0.717, 1.165) is 4.31 Å². The Kier molecular flexibility index (Phi) is 5.02. The quantitative estimate of drug-likeness (QED) is 0.897. The Morgan fingerprint density at radius 1 is 1.21 bits per heavy atom. The number of nitrogens with zero attached hydrogens (tertiary/aromatic N) is 2. The van der Waals surface area contributed by atoms with Gasteiger partial charge in [-0.05, 0) is 36.2 Å². The number of nitriles is 1. The Morgan fingerprint density at radius 2 is 1.83 bits per heavy atom. The molecule has 1 N–H and O–H groups in total. The minimum atomic E-state index is -4.04. The number of rotatable bonds is 5. The van der Waals surface area contributed by atoms with Gasteiger partial charge in [0.05, 0.1) is 16.5 Å². The summed E-state index contributed by atoms with van der Waals surface area (Å²) in [5.41, 5.74) is 1.24. The number of aryl methyl sites for hydroxylation is 1. The number of carboxylic acid groups (broad SMARTS) is 1. The van der Waals surface area contributed by atoms with Crippen LogP contribution in [0.5, 0.6) is 0 Å². The van der Waals surface area contributed by atoms with E-state index in [0.29, 0.717) is 16.7 Å². The normalized spacial score (nSPS) is 12.6. The van der Waals surface area contributed by atoms with Crippen LogP contribution in [0.2, 0.25) is 0 Å². The van der Waals surface area contributed by atoms with E-state index >= 15 is 0 Å². The summed E-state index contributed by atoms with van der Waals surface area (Å²) in [5, 5.41) is 18.4. The average Bonchev–Trinajstić information content (AvgIpc) is 2.55. The lowest BCUT2D eigenvalue weighted by Crippen LogP contribution is -2.35. The molecule has 0 aromatic heterocycles. The van der Waals surface area contributed by atoms with Crippen molar-refractivity contribution in [1.82, 2.24) is 4.31 Å². The van der Waals surface area contributed by atoms with Crippen molar-refractivity contribution in [3.05, 3.63) is 65.2 Å². The second-order valence-corrected chi connectivity index (χ2v) is 7.26. The lowest BCUT2D eigenvalue weighted by molar-refractivity contribution is -0.141. The van der Waals surface area contributed by atoms with Crippen LogP contribution in [-0.2, 0) is 14.8 Å². The van der Waals surface area contributed by atoms with Crippen molar-refractivity contribution < 1.29 is 18.3 Å². The van der Waals surface area contributed by atoms with Crippen LogP contribution >= 0.6 is 0 Å². The van der Waals surface area contributed by atoms with Crippen molar-refractivity contribution in [1.29, 1.82) is 5.26 Å². The highest BCUT2D eigenvalue weighted by Gasteiger charge is 2.34. The smallest absolute Gasteiger partial charge is 0.326 e. The standard InChI is InChI=1S/C17H16N2O4S/c1-12-10-15(9-8-14(12)11-18)24(22,23)19(2)16(17(20)21)13-6-4-3-5-7-13/h3-10,16H,1-2H3,(H,20,21). The van der Waals surface area contributed by atoms with Crippen LogP contribution in [0.3, 0.4) is 0 Å². The molecule has 0 radical (unpaired) electrons. The molecule has 24 heavy (non-hydrogen) atoms. The molecule has 7 heteroatoms. The van der Waals surface area contributed by atoms with Crippen molar-refractivity contribution in [2.24, 2.45) is 0 Å². The van der Waals surface area contributed by atoms with E-state index in [1.165, 1.54) is 25.2 Å². The number of likely N-dealkylation sites (N-methyl/N-ethyl adjacent to an activating group) is 1. The zero-order valence-electron chi connectivity index (χ0n) is 13.2. The fourth-order valence-electron chi connectivity index (χ4n) is 2.37. The highest BCUT2D eigenvalue weighted by Crippen LogP contribution is 2.27. The number of carboxylic acids is 1. The maximum absolute atomic E-state index is 12.8. The van der Waals surface area contributed by atoms with Gasteiger partial charge in [0, 0.05) is 7.05 Å². The number of hydrogen-bond acceptors (Lipinski definition) is 4. The van der Waals surface area contributed by atoms with Gasteiger partial charge in [-0.3, -0.25) is 4.79 Å². The molecule has 1 atom stereocenters. The number of sulfonamides is 1. The molecule has 2 aromatic carbocycles. The molecule has 0 saturated heterocycles. The minimum absolute atomic E-state index is 0.0521. The monoisotopic (exact) mass is 344 g/mol. The molecule has 6 nitrogen and oxygen atoms in total. The number of carbonyl (C=O) groups is 1. The predicted molar refractivity (Wildman–Crippen MR) is 87.7 cm³/mol.